The third kappa shape index (κ3) is 3.10. The number of nitrogens with two attached hydrogens (primary N) is 1. The van der Waals surface area contributed by atoms with Gasteiger partial charge in [-0.05, 0) is 25.5 Å². The van der Waals surface area contributed by atoms with E-state index < -0.39 is 0 Å². The van der Waals surface area contributed by atoms with E-state index in [-0.39, 0.29) is 17.0 Å². The van der Waals surface area contributed by atoms with Gasteiger partial charge < -0.3 is 5.73 Å². The second-order valence-corrected chi connectivity index (χ2v) is 6.86. The summed E-state index contributed by atoms with van der Waals surface area (Å²) in [7, 11) is 1.71. The normalized spacial score (nSPS) is 14.5. The van der Waals surface area contributed by atoms with Crippen LogP contribution in [0.1, 0.15) is 28.3 Å². The average molecular weight is 298 g/mol. The molecule has 0 aliphatic rings. The zero-order valence-electron chi connectivity index (χ0n) is 11.2. The summed E-state index contributed by atoms with van der Waals surface area (Å²) in [5.74, 6) is 0. The summed E-state index contributed by atoms with van der Waals surface area (Å²) in [5, 5.41) is 7.29. The molecule has 0 bridgehead atoms. The van der Waals surface area contributed by atoms with Gasteiger partial charge in [0.15, 0.2) is 5.16 Å². The Bertz CT molecular complexity index is 601. The van der Waals surface area contributed by atoms with Crippen molar-refractivity contribution in [1.29, 1.82) is 0 Å². The molecule has 2 heterocycles. The van der Waals surface area contributed by atoms with Crippen LogP contribution in [0.25, 0.3) is 0 Å². The molecule has 2 aromatic heterocycles. The lowest BCUT2D eigenvalue weighted by atomic mass is 10.1. The second-order valence-electron chi connectivity index (χ2n) is 4.43. The van der Waals surface area contributed by atoms with Gasteiger partial charge in [-0.1, -0.05) is 18.7 Å². The third-order valence-electron chi connectivity index (χ3n) is 2.97. The van der Waals surface area contributed by atoms with Crippen molar-refractivity contribution in [1.82, 2.24) is 14.8 Å². The fraction of sp³-hybridized carbons (Fsp3) is 0.500. The molecule has 7 heteroatoms. The van der Waals surface area contributed by atoms with E-state index >= 15 is 0 Å². The second kappa shape index (κ2) is 5.94. The summed E-state index contributed by atoms with van der Waals surface area (Å²) in [4.78, 5) is 13.9. The molecule has 0 aromatic carbocycles. The maximum Gasteiger partial charge on any atom is 0.343 e. The van der Waals surface area contributed by atoms with E-state index in [2.05, 4.69) is 36.2 Å². The third-order valence-corrected chi connectivity index (χ3v) is 5.64. The monoisotopic (exact) mass is 298 g/mol. The van der Waals surface area contributed by atoms with Gasteiger partial charge in [-0.2, -0.15) is 0 Å². The Morgan fingerprint density at radius 3 is 2.79 bits per heavy atom. The summed E-state index contributed by atoms with van der Waals surface area (Å²) in [6.45, 7) is 4.15. The highest BCUT2D eigenvalue weighted by molar-refractivity contribution is 7.99. The number of hydrogen-bond donors (Lipinski definition) is 2. The molecule has 5 nitrogen and oxygen atoms in total. The summed E-state index contributed by atoms with van der Waals surface area (Å²) >= 11 is 3.29. The van der Waals surface area contributed by atoms with Crippen molar-refractivity contribution in [2.75, 3.05) is 0 Å². The number of aromatic amines is 1. The smallest absolute Gasteiger partial charge is 0.326 e. The van der Waals surface area contributed by atoms with E-state index in [4.69, 9.17) is 5.73 Å². The van der Waals surface area contributed by atoms with Crippen LogP contribution < -0.4 is 11.4 Å². The molecule has 2 rings (SSSR count). The van der Waals surface area contributed by atoms with Crippen molar-refractivity contribution in [2.24, 2.45) is 12.8 Å². The van der Waals surface area contributed by atoms with Crippen LogP contribution in [0.15, 0.2) is 22.1 Å². The Morgan fingerprint density at radius 2 is 2.32 bits per heavy atom. The molecule has 0 aliphatic heterocycles. The molecule has 0 saturated carbocycles. The Labute approximate surface area is 120 Å². The average Bonchev–Trinajstić information content (AvgIpc) is 2.95. The number of aryl methyl sites for hydroxylation is 1. The lowest BCUT2D eigenvalue weighted by Gasteiger charge is -2.20. The van der Waals surface area contributed by atoms with Gasteiger partial charge in [-0.15, -0.1) is 16.4 Å². The van der Waals surface area contributed by atoms with Crippen LogP contribution in [0.4, 0.5) is 0 Å². The molecule has 2 aromatic rings. The van der Waals surface area contributed by atoms with Crippen molar-refractivity contribution in [3.05, 3.63) is 32.4 Å². The molecule has 0 amide bonds. The minimum absolute atomic E-state index is 0.0369. The van der Waals surface area contributed by atoms with Gasteiger partial charge in [0, 0.05) is 22.8 Å². The van der Waals surface area contributed by atoms with E-state index in [0.29, 0.717) is 5.16 Å². The van der Waals surface area contributed by atoms with Crippen LogP contribution in [0.2, 0.25) is 0 Å². The van der Waals surface area contributed by atoms with E-state index in [1.807, 2.05) is 0 Å². The maximum atomic E-state index is 11.4. The molecule has 0 spiro atoms. The van der Waals surface area contributed by atoms with Crippen molar-refractivity contribution in [2.45, 2.75) is 36.7 Å². The van der Waals surface area contributed by atoms with Gasteiger partial charge in [-0.3, -0.25) is 4.57 Å². The van der Waals surface area contributed by atoms with Crippen molar-refractivity contribution in [3.63, 3.8) is 0 Å². The SMILES string of the molecule is CCC(N)C(Sc1n[nH]c(=O)n1C)c1ccc(C)s1. The molecule has 0 radical (unpaired) electrons. The van der Waals surface area contributed by atoms with Crippen LogP contribution in [0, 0.1) is 6.92 Å². The zero-order valence-corrected chi connectivity index (χ0v) is 12.8. The van der Waals surface area contributed by atoms with Crippen molar-refractivity contribution >= 4 is 23.1 Å². The molecule has 3 N–H and O–H groups in total. The Morgan fingerprint density at radius 1 is 1.58 bits per heavy atom. The Balaban J connectivity index is 2.29. The number of thiophene rings is 1. The van der Waals surface area contributed by atoms with E-state index in [0.717, 1.165) is 6.42 Å². The number of hydrogen-bond acceptors (Lipinski definition) is 5. The first-order chi connectivity index (χ1) is 9.02. The number of nitrogens with one attached hydrogen (secondary N) is 1. The van der Waals surface area contributed by atoms with Crippen LogP contribution in [-0.4, -0.2) is 20.8 Å². The van der Waals surface area contributed by atoms with Gasteiger partial charge >= 0.3 is 5.69 Å². The summed E-state index contributed by atoms with van der Waals surface area (Å²) in [5.41, 5.74) is 6.02. The summed E-state index contributed by atoms with van der Waals surface area (Å²) in [6.07, 6.45) is 0.882. The fourth-order valence-electron chi connectivity index (χ4n) is 1.73. The molecule has 104 valence electrons. The number of nitrogens with zero attached hydrogens (tertiary/aromatic N) is 2. The molecule has 0 aliphatic carbocycles. The molecular formula is C12H18N4OS2. The van der Waals surface area contributed by atoms with E-state index in [1.54, 1.807) is 30.1 Å². The van der Waals surface area contributed by atoms with Gasteiger partial charge in [-0.25, -0.2) is 9.89 Å². The minimum atomic E-state index is -0.200. The number of rotatable bonds is 5. The largest absolute Gasteiger partial charge is 0.343 e. The molecule has 19 heavy (non-hydrogen) atoms. The zero-order chi connectivity index (χ0) is 14.0. The lowest BCUT2D eigenvalue weighted by molar-refractivity contribution is 0.635. The van der Waals surface area contributed by atoms with Gasteiger partial charge in [0.25, 0.3) is 0 Å². The first-order valence-electron chi connectivity index (χ1n) is 6.13. The van der Waals surface area contributed by atoms with Gasteiger partial charge in [0.1, 0.15) is 0 Å². The Hall–Kier alpha value is -1.05. The lowest BCUT2D eigenvalue weighted by Crippen LogP contribution is -2.25. The standard InChI is InChI=1S/C12H18N4OS2/c1-4-8(13)10(9-6-5-7(2)18-9)19-12-15-14-11(17)16(12)3/h5-6,8,10H,4,13H2,1-3H3,(H,14,17). The van der Waals surface area contributed by atoms with Gasteiger partial charge in [0.05, 0.1) is 5.25 Å². The fourth-order valence-corrected chi connectivity index (χ4v) is 4.08. The quantitative estimate of drug-likeness (QED) is 0.828. The summed E-state index contributed by atoms with van der Waals surface area (Å²) in [6, 6.07) is 4.24. The first-order valence-corrected chi connectivity index (χ1v) is 7.82. The van der Waals surface area contributed by atoms with E-state index in [1.165, 1.54) is 14.3 Å². The number of thioether (sulfide) groups is 1. The highest BCUT2D eigenvalue weighted by atomic mass is 32.2. The highest BCUT2D eigenvalue weighted by Gasteiger charge is 2.23. The van der Waals surface area contributed by atoms with Crippen LogP contribution in [-0.2, 0) is 7.05 Å². The number of H-pyrrole nitrogens is 1. The topological polar surface area (TPSA) is 76.7 Å². The molecule has 2 atom stereocenters. The number of aromatic nitrogens is 3. The highest BCUT2D eigenvalue weighted by Crippen LogP contribution is 2.39. The molecule has 2 unspecified atom stereocenters. The molecular weight excluding hydrogens is 280 g/mol. The predicted molar refractivity (Wildman–Crippen MR) is 79.7 cm³/mol. The van der Waals surface area contributed by atoms with Crippen LogP contribution >= 0.6 is 23.1 Å². The van der Waals surface area contributed by atoms with Crippen molar-refractivity contribution < 1.29 is 0 Å². The molecule has 0 saturated heterocycles. The van der Waals surface area contributed by atoms with Crippen molar-refractivity contribution in [3.8, 4) is 0 Å². The maximum absolute atomic E-state index is 11.4. The van der Waals surface area contributed by atoms with Crippen LogP contribution in [0.5, 0.6) is 0 Å². The van der Waals surface area contributed by atoms with E-state index in [9.17, 15) is 4.79 Å². The molecule has 0 fully saturated rings. The first kappa shape index (κ1) is 14.4. The summed E-state index contributed by atoms with van der Waals surface area (Å²) < 4.78 is 1.51. The van der Waals surface area contributed by atoms with Crippen LogP contribution in [0.3, 0.4) is 0 Å². The Kier molecular flexibility index (Phi) is 4.49. The predicted octanol–water partition coefficient (Wildman–Crippen LogP) is 2.05. The van der Waals surface area contributed by atoms with Gasteiger partial charge in [0.2, 0.25) is 0 Å². The minimum Gasteiger partial charge on any atom is -0.326 e.